The van der Waals surface area contributed by atoms with Gasteiger partial charge in [-0.3, -0.25) is 4.90 Å². The Morgan fingerprint density at radius 1 is 1.10 bits per heavy atom. The molecule has 1 aromatic heterocycles. The van der Waals surface area contributed by atoms with E-state index in [9.17, 15) is 22.7 Å². The van der Waals surface area contributed by atoms with Crippen LogP contribution < -0.4 is 15.0 Å². The molecule has 2 unspecified atom stereocenters. The molecule has 2 aromatic carbocycles. The number of hydrogen-bond acceptors (Lipinski definition) is 7. The summed E-state index contributed by atoms with van der Waals surface area (Å²) in [5.74, 6) is -1.12. The molecule has 3 aromatic rings. The molecule has 42 heavy (non-hydrogen) atoms. The van der Waals surface area contributed by atoms with Crippen molar-refractivity contribution < 1.29 is 31.8 Å². The molecule has 7 rings (SSSR count). The number of phenolic OH excluding ortho intramolecular Hbond substituents is 1. The van der Waals surface area contributed by atoms with Gasteiger partial charge in [-0.15, -0.1) is 0 Å². The fraction of sp³-hybridized carbons (Fsp3) is 0.517. The number of ether oxygens (including phenoxy) is 1. The summed E-state index contributed by atoms with van der Waals surface area (Å²) >= 11 is 5.89. The van der Waals surface area contributed by atoms with E-state index in [1.54, 1.807) is 0 Å². The van der Waals surface area contributed by atoms with Crippen molar-refractivity contribution in [1.82, 2.24) is 20.2 Å². The molecule has 224 valence electrons. The molecule has 4 fully saturated rings. The minimum absolute atomic E-state index is 0.118. The lowest BCUT2D eigenvalue weighted by Gasteiger charge is -2.34. The van der Waals surface area contributed by atoms with Crippen LogP contribution >= 0.6 is 11.6 Å². The molecular formula is C29H29ClF5N5O2. The van der Waals surface area contributed by atoms with Gasteiger partial charge >= 0.3 is 12.2 Å². The van der Waals surface area contributed by atoms with E-state index in [4.69, 9.17) is 16.3 Å². The first-order valence-corrected chi connectivity index (χ1v) is 14.5. The number of phenols is 1. The number of hydrogen-bond donors (Lipinski definition) is 2. The number of piperazine rings is 1. The summed E-state index contributed by atoms with van der Waals surface area (Å²) < 4.78 is 78.9. The van der Waals surface area contributed by atoms with E-state index in [1.807, 2.05) is 4.90 Å². The average Bonchev–Trinajstić information content (AvgIpc) is 3.56. The summed E-state index contributed by atoms with van der Waals surface area (Å²) in [6, 6.07) is 4.69. The lowest BCUT2D eigenvalue weighted by Crippen LogP contribution is -2.51. The molecule has 2 bridgehead atoms. The van der Waals surface area contributed by atoms with E-state index in [1.165, 1.54) is 12.1 Å². The van der Waals surface area contributed by atoms with Crippen molar-refractivity contribution in [3.63, 3.8) is 0 Å². The highest BCUT2D eigenvalue weighted by atomic mass is 35.5. The quantitative estimate of drug-likeness (QED) is 0.359. The molecule has 2 N–H and O–H groups in total. The number of benzene rings is 2. The summed E-state index contributed by atoms with van der Waals surface area (Å²) in [6.07, 6.45) is -1.89. The van der Waals surface area contributed by atoms with E-state index in [-0.39, 0.29) is 30.2 Å². The van der Waals surface area contributed by atoms with Gasteiger partial charge in [0.1, 0.15) is 29.9 Å². The highest BCUT2D eigenvalue weighted by Gasteiger charge is 2.49. The average molecular weight is 610 g/mol. The second-order valence-electron chi connectivity index (χ2n) is 11.9. The lowest BCUT2D eigenvalue weighted by molar-refractivity contribution is -0.137. The Morgan fingerprint density at radius 3 is 2.60 bits per heavy atom. The Labute approximate surface area is 243 Å². The Bertz CT molecular complexity index is 1550. The van der Waals surface area contributed by atoms with Crippen LogP contribution in [0.2, 0.25) is 5.02 Å². The first-order chi connectivity index (χ1) is 20.0. The Hall–Kier alpha value is -2.96. The third-order valence-electron chi connectivity index (χ3n) is 9.16. The van der Waals surface area contributed by atoms with E-state index < -0.39 is 51.2 Å². The third kappa shape index (κ3) is 4.71. The van der Waals surface area contributed by atoms with Gasteiger partial charge in [0.15, 0.2) is 5.82 Å². The van der Waals surface area contributed by atoms with Gasteiger partial charge in [-0.2, -0.15) is 23.1 Å². The molecule has 13 heteroatoms. The maximum absolute atomic E-state index is 16.4. The normalized spacial score (nSPS) is 27.7. The summed E-state index contributed by atoms with van der Waals surface area (Å²) in [7, 11) is 0. The highest BCUT2D eigenvalue weighted by molar-refractivity contribution is 6.32. The smallest absolute Gasteiger partial charge is 0.418 e. The van der Waals surface area contributed by atoms with E-state index >= 15 is 4.39 Å². The van der Waals surface area contributed by atoms with Gasteiger partial charge < -0.3 is 20.1 Å². The molecule has 0 radical (unpaired) electrons. The maximum atomic E-state index is 16.4. The Balaban J connectivity index is 1.35. The number of halogens is 6. The van der Waals surface area contributed by atoms with Gasteiger partial charge in [0.25, 0.3) is 0 Å². The van der Waals surface area contributed by atoms with Crippen LogP contribution in [-0.2, 0) is 6.18 Å². The van der Waals surface area contributed by atoms with Gasteiger partial charge in [0.2, 0.25) is 0 Å². The van der Waals surface area contributed by atoms with Crippen LogP contribution in [0.25, 0.3) is 22.0 Å². The van der Waals surface area contributed by atoms with Gasteiger partial charge in [-0.05, 0) is 50.4 Å². The van der Waals surface area contributed by atoms with Crippen molar-refractivity contribution in [3.05, 3.63) is 40.7 Å². The molecule has 5 heterocycles. The Morgan fingerprint density at radius 2 is 1.86 bits per heavy atom. The number of alkyl halides is 4. The number of nitrogens with zero attached hydrogens (tertiary/aromatic N) is 4. The lowest BCUT2D eigenvalue weighted by atomic mass is 9.95. The predicted molar refractivity (Wildman–Crippen MR) is 147 cm³/mol. The first-order valence-electron chi connectivity index (χ1n) is 14.1. The number of fused-ring (bicyclic) bond motifs is 4. The van der Waals surface area contributed by atoms with Crippen molar-refractivity contribution in [2.75, 3.05) is 37.7 Å². The van der Waals surface area contributed by atoms with E-state index in [2.05, 4.69) is 20.2 Å². The van der Waals surface area contributed by atoms with Crippen LogP contribution in [0.4, 0.5) is 27.8 Å². The monoisotopic (exact) mass is 609 g/mol. The summed E-state index contributed by atoms with van der Waals surface area (Å²) in [6.45, 7) is 2.46. The van der Waals surface area contributed by atoms with Crippen molar-refractivity contribution >= 4 is 28.3 Å². The Kier molecular flexibility index (Phi) is 6.67. The number of aromatic nitrogens is 2. The minimum Gasteiger partial charge on any atom is -0.508 e. The highest BCUT2D eigenvalue weighted by Crippen LogP contribution is 2.46. The second-order valence-corrected chi connectivity index (χ2v) is 12.3. The van der Waals surface area contributed by atoms with Crippen molar-refractivity contribution in [2.45, 2.75) is 62.1 Å². The second kappa shape index (κ2) is 10.1. The van der Waals surface area contributed by atoms with Gasteiger partial charge in [0, 0.05) is 54.7 Å². The molecule has 4 atom stereocenters. The minimum atomic E-state index is -4.91. The van der Waals surface area contributed by atoms with Crippen molar-refractivity contribution in [2.24, 2.45) is 0 Å². The topological polar surface area (TPSA) is 73.8 Å². The number of nitrogens with one attached hydrogen (secondary N) is 1. The SMILES string of the molecule is Oc1cc(Cl)c(C(F)(F)F)c(-c2ccc3c(N4CC5CCC(C4)N5)nc(OC[C@@]45CCCN4C[C@H](F)C5)nc3c2F)c1. The molecule has 4 aliphatic heterocycles. The zero-order valence-electron chi connectivity index (χ0n) is 22.5. The van der Waals surface area contributed by atoms with Crippen LogP contribution in [0.3, 0.4) is 0 Å². The molecule has 4 saturated heterocycles. The van der Waals surface area contributed by atoms with Crippen LogP contribution in [0, 0.1) is 5.82 Å². The number of aromatic hydroxyl groups is 1. The maximum Gasteiger partial charge on any atom is 0.418 e. The number of rotatable bonds is 5. The van der Waals surface area contributed by atoms with Crippen molar-refractivity contribution in [1.29, 1.82) is 0 Å². The van der Waals surface area contributed by atoms with Gasteiger partial charge in [0.05, 0.1) is 16.1 Å². The van der Waals surface area contributed by atoms with Gasteiger partial charge in [-0.25, -0.2) is 8.78 Å². The van der Waals surface area contributed by atoms with E-state index in [0.717, 1.165) is 44.4 Å². The fourth-order valence-corrected chi connectivity index (χ4v) is 7.67. The zero-order valence-corrected chi connectivity index (χ0v) is 23.3. The molecule has 7 nitrogen and oxygen atoms in total. The summed E-state index contributed by atoms with van der Waals surface area (Å²) in [5.41, 5.74) is -2.98. The fourth-order valence-electron chi connectivity index (χ4n) is 7.35. The summed E-state index contributed by atoms with van der Waals surface area (Å²) in [5, 5.41) is 13.2. The summed E-state index contributed by atoms with van der Waals surface area (Å²) in [4.78, 5) is 13.2. The van der Waals surface area contributed by atoms with Crippen LogP contribution in [0.15, 0.2) is 24.3 Å². The third-order valence-corrected chi connectivity index (χ3v) is 9.46. The molecule has 0 saturated carbocycles. The van der Waals surface area contributed by atoms with Crippen LogP contribution in [0.1, 0.15) is 37.7 Å². The molecule has 4 aliphatic rings. The first kappa shape index (κ1) is 27.8. The number of anilines is 1. The predicted octanol–water partition coefficient (Wildman–Crippen LogP) is 5.71. The zero-order chi connectivity index (χ0) is 29.4. The molecule has 0 spiro atoms. The van der Waals surface area contributed by atoms with Gasteiger partial charge in [-0.1, -0.05) is 17.7 Å². The van der Waals surface area contributed by atoms with Crippen LogP contribution in [0.5, 0.6) is 11.8 Å². The molecular weight excluding hydrogens is 581 g/mol. The van der Waals surface area contributed by atoms with Crippen LogP contribution in [-0.4, -0.2) is 76.6 Å². The van der Waals surface area contributed by atoms with Crippen molar-refractivity contribution in [3.8, 4) is 22.9 Å². The molecule has 0 aliphatic carbocycles. The molecule has 0 amide bonds. The largest absolute Gasteiger partial charge is 0.508 e. The van der Waals surface area contributed by atoms with E-state index in [0.29, 0.717) is 37.3 Å². The standard InChI is InChI=1S/C29H29ClF5N5O2/c30-22-9-18(41)8-21(23(22)29(33,34)35)19-4-5-20-25(24(19)32)37-27(38-26(20)39-12-16-2-3-17(13-39)36-16)42-14-28-6-1-7-40(28)11-15(31)10-28/h4-5,8-9,15-17,36,41H,1-3,6-7,10-14H2/t15-,16?,17?,28+/m1/s1.